The highest BCUT2D eigenvalue weighted by Gasteiger charge is 2.45. The summed E-state index contributed by atoms with van der Waals surface area (Å²) >= 11 is 0. The number of rotatable bonds is 1. The maximum Gasteiger partial charge on any atom is 0.166 e. The van der Waals surface area contributed by atoms with Crippen molar-refractivity contribution in [2.75, 3.05) is 6.54 Å². The second-order valence-corrected chi connectivity index (χ2v) is 6.69. The van der Waals surface area contributed by atoms with Crippen molar-refractivity contribution in [3.05, 3.63) is 46.7 Å². The molecular formula is C19H22N2O2. The number of fused-ring (bicyclic) bond motifs is 4. The molecule has 1 aliphatic carbocycles. The van der Waals surface area contributed by atoms with Crippen molar-refractivity contribution in [3.8, 4) is 0 Å². The number of hydrogen-bond donors (Lipinski definition) is 1. The highest BCUT2D eigenvalue weighted by atomic mass is 16.4. The number of Topliss-reactive ketones (excluding diaryl/α,β-unsaturated/α-hetero) is 1. The Morgan fingerprint density at radius 3 is 2.87 bits per heavy atom. The van der Waals surface area contributed by atoms with Crippen molar-refractivity contribution >= 4 is 11.5 Å². The fourth-order valence-corrected chi connectivity index (χ4v) is 4.62. The van der Waals surface area contributed by atoms with Crippen LogP contribution in [0.5, 0.6) is 0 Å². The summed E-state index contributed by atoms with van der Waals surface area (Å²) in [5.74, 6) is 0.219. The van der Waals surface area contributed by atoms with Gasteiger partial charge in [-0.05, 0) is 36.8 Å². The average molecular weight is 310 g/mol. The third kappa shape index (κ3) is 2.04. The predicted molar refractivity (Wildman–Crippen MR) is 88.5 cm³/mol. The zero-order valence-corrected chi connectivity index (χ0v) is 13.5. The second-order valence-electron chi connectivity index (χ2n) is 6.69. The molecule has 2 aliphatic heterocycles. The lowest BCUT2D eigenvalue weighted by Gasteiger charge is -2.49. The first-order chi connectivity index (χ1) is 11.3. The van der Waals surface area contributed by atoms with Crippen molar-refractivity contribution in [3.63, 3.8) is 0 Å². The van der Waals surface area contributed by atoms with E-state index in [-0.39, 0.29) is 17.7 Å². The third-order valence-electron chi connectivity index (χ3n) is 5.60. The SMILES string of the molecule is CCC1C(=NO)C2=C(CCCC2=O)N2CCc3ccccc3C12. The summed E-state index contributed by atoms with van der Waals surface area (Å²) in [7, 11) is 0. The van der Waals surface area contributed by atoms with Crippen LogP contribution >= 0.6 is 0 Å². The lowest BCUT2D eigenvalue weighted by Crippen LogP contribution is -2.48. The highest BCUT2D eigenvalue weighted by Crippen LogP contribution is 2.47. The van der Waals surface area contributed by atoms with Crippen LogP contribution in [-0.2, 0) is 11.2 Å². The summed E-state index contributed by atoms with van der Waals surface area (Å²) in [4.78, 5) is 14.9. The van der Waals surface area contributed by atoms with Gasteiger partial charge in [-0.1, -0.05) is 36.3 Å². The van der Waals surface area contributed by atoms with Crippen LogP contribution in [0.2, 0.25) is 0 Å². The van der Waals surface area contributed by atoms with Crippen LogP contribution in [0.3, 0.4) is 0 Å². The Kier molecular flexibility index (Phi) is 3.47. The van der Waals surface area contributed by atoms with Crippen molar-refractivity contribution in [1.82, 2.24) is 4.90 Å². The quantitative estimate of drug-likeness (QED) is 0.638. The van der Waals surface area contributed by atoms with E-state index in [1.165, 1.54) is 11.1 Å². The molecule has 1 aromatic rings. The average Bonchev–Trinajstić information content (AvgIpc) is 2.60. The Morgan fingerprint density at radius 2 is 2.09 bits per heavy atom. The second kappa shape index (κ2) is 5.52. The van der Waals surface area contributed by atoms with E-state index in [9.17, 15) is 10.0 Å². The number of allylic oxidation sites excluding steroid dienone is 2. The van der Waals surface area contributed by atoms with Gasteiger partial charge in [-0.25, -0.2) is 0 Å². The van der Waals surface area contributed by atoms with Crippen molar-refractivity contribution in [2.45, 2.75) is 45.1 Å². The first kappa shape index (κ1) is 14.5. The lowest BCUT2D eigenvalue weighted by atomic mass is 9.72. The van der Waals surface area contributed by atoms with Crippen LogP contribution in [0.25, 0.3) is 0 Å². The van der Waals surface area contributed by atoms with E-state index in [1.54, 1.807) is 0 Å². The van der Waals surface area contributed by atoms with Crippen molar-refractivity contribution in [1.29, 1.82) is 0 Å². The van der Waals surface area contributed by atoms with Crippen LogP contribution in [-0.4, -0.2) is 28.1 Å². The summed E-state index contributed by atoms with van der Waals surface area (Å²) in [5.41, 5.74) is 5.15. The molecule has 1 N–H and O–H groups in total. The Balaban J connectivity index is 1.93. The van der Waals surface area contributed by atoms with E-state index in [4.69, 9.17) is 0 Å². The minimum Gasteiger partial charge on any atom is -0.411 e. The van der Waals surface area contributed by atoms with Gasteiger partial charge in [0.2, 0.25) is 0 Å². The molecule has 4 nitrogen and oxygen atoms in total. The molecule has 2 heterocycles. The Hall–Kier alpha value is -2.10. The number of hydrogen-bond acceptors (Lipinski definition) is 4. The molecule has 3 aliphatic rings. The zero-order valence-electron chi connectivity index (χ0n) is 13.5. The number of benzene rings is 1. The van der Waals surface area contributed by atoms with E-state index in [0.29, 0.717) is 17.7 Å². The normalized spacial score (nSPS) is 28.5. The molecule has 0 saturated carbocycles. The molecule has 0 fully saturated rings. The monoisotopic (exact) mass is 310 g/mol. The van der Waals surface area contributed by atoms with Gasteiger partial charge in [-0.3, -0.25) is 4.79 Å². The molecule has 4 heteroatoms. The highest BCUT2D eigenvalue weighted by molar-refractivity contribution is 6.24. The van der Waals surface area contributed by atoms with Gasteiger partial charge in [0.1, 0.15) is 0 Å². The van der Waals surface area contributed by atoms with Crippen molar-refractivity contribution < 1.29 is 10.0 Å². The predicted octanol–water partition coefficient (Wildman–Crippen LogP) is 3.46. The number of carbonyl (C=O) groups excluding carboxylic acids is 1. The molecule has 4 rings (SSSR count). The molecule has 2 unspecified atom stereocenters. The lowest BCUT2D eigenvalue weighted by molar-refractivity contribution is -0.116. The van der Waals surface area contributed by atoms with Gasteiger partial charge in [-0.2, -0.15) is 0 Å². The van der Waals surface area contributed by atoms with Crippen LogP contribution in [0, 0.1) is 5.92 Å². The number of carbonyl (C=O) groups is 1. The van der Waals surface area contributed by atoms with E-state index >= 15 is 0 Å². The summed E-state index contributed by atoms with van der Waals surface area (Å²) in [6, 6.07) is 8.76. The van der Waals surface area contributed by atoms with Crippen LogP contribution in [0.15, 0.2) is 40.7 Å². The summed E-state index contributed by atoms with van der Waals surface area (Å²) in [6.45, 7) is 3.06. The standard InChI is InChI=1S/C19H22N2O2/c1-2-13-18(20-23)17-15(8-5-9-16(17)22)21-11-10-12-6-3-4-7-14(12)19(13)21/h3-4,6-7,13,19,23H,2,5,8-11H2,1H3. The van der Waals surface area contributed by atoms with Crippen LogP contribution in [0.4, 0.5) is 0 Å². The van der Waals surface area contributed by atoms with E-state index in [1.807, 2.05) is 0 Å². The largest absolute Gasteiger partial charge is 0.411 e. The minimum absolute atomic E-state index is 0.0715. The first-order valence-corrected chi connectivity index (χ1v) is 8.59. The fourth-order valence-electron chi connectivity index (χ4n) is 4.62. The van der Waals surface area contributed by atoms with E-state index in [2.05, 4.69) is 41.2 Å². The van der Waals surface area contributed by atoms with Gasteiger partial charge in [0.25, 0.3) is 0 Å². The molecule has 23 heavy (non-hydrogen) atoms. The zero-order chi connectivity index (χ0) is 16.0. The Morgan fingerprint density at radius 1 is 1.26 bits per heavy atom. The molecule has 1 aromatic carbocycles. The third-order valence-corrected chi connectivity index (χ3v) is 5.60. The molecule has 0 saturated heterocycles. The van der Waals surface area contributed by atoms with Gasteiger partial charge < -0.3 is 10.1 Å². The smallest absolute Gasteiger partial charge is 0.166 e. The minimum atomic E-state index is 0.0715. The molecule has 0 aromatic heterocycles. The summed E-state index contributed by atoms with van der Waals surface area (Å²) in [6.07, 6.45) is 4.26. The molecule has 120 valence electrons. The molecule has 0 amide bonds. The Bertz CT molecular complexity index is 720. The number of nitrogens with zero attached hydrogens (tertiary/aromatic N) is 2. The van der Waals surface area contributed by atoms with Gasteiger partial charge in [0, 0.05) is 24.6 Å². The number of oxime groups is 1. The van der Waals surface area contributed by atoms with Gasteiger partial charge >= 0.3 is 0 Å². The summed E-state index contributed by atoms with van der Waals surface area (Å²) in [5, 5.41) is 13.3. The molecule has 0 bridgehead atoms. The summed E-state index contributed by atoms with van der Waals surface area (Å²) < 4.78 is 0. The fraction of sp³-hybridized carbons (Fsp3) is 0.474. The maximum absolute atomic E-state index is 12.5. The van der Waals surface area contributed by atoms with Gasteiger partial charge in [0.05, 0.1) is 17.3 Å². The topological polar surface area (TPSA) is 52.9 Å². The van der Waals surface area contributed by atoms with E-state index < -0.39 is 0 Å². The van der Waals surface area contributed by atoms with Crippen molar-refractivity contribution in [2.24, 2.45) is 11.1 Å². The van der Waals surface area contributed by atoms with Crippen LogP contribution in [0.1, 0.15) is 49.8 Å². The Labute approximate surface area is 136 Å². The molecule has 0 spiro atoms. The molecule has 2 atom stereocenters. The molecule has 0 radical (unpaired) electrons. The van der Waals surface area contributed by atoms with Crippen LogP contribution < -0.4 is 0 Å². The van der Waals surface area contributed by atoms with Gasteiger partial charge in [0.15, 0.2) is 5.78 Å². The first-order valence-electron chi connectivity index (χ1n) is 8.59. The van der Waals surface area contributed by atoms with E-state index in [0.717, 1.165) is 37.9 Å². The van der Waals surface area contributed by atoms with Gasteiger partial charge in [-0.15, -0.1) is 0 Å². The number of ketones is 1. The maximum atomic E-state index is 12.5. The molecular weight excluding hydrogens is 288 g/mol.